The van der Waals surface area contributed by atoms with Crippen molar-refractivity contribution in [1.82, 2.24) is 10.2 Å². The fraction of sp³-hybridized carbons (Fsp3) is 0.182. The van der Waals surface area contributed by atoms with E-state index in [-0.39, 0.29) is 12.3 Å². The van der Waals surface area contributed by atoms with Crippen LogP contribution in [0.1, 0.15) is 10.6 Å². The number of carbonyl (C=O) groups is 1. The maximum atomic E-state index is 11.7. The smallest absolute Gasteiger partial charge is 0.230 e. The lowest BCUT2D eigenvalue weighted by atomic mass is 10.1. The van der Waals surface area contributed by atoms with Crippen molar-refractivity contribution in [3.8, 4) is 0 Å². The van der Waals surface area contributed by atoms with Crippen LogP contribution in [0.5, 0.6) is 0 Å². The number of anilines is 1. The molecule has 18 heavy (non-hydrogen) atoms. The SMILES string of the molecule is Cc1nnc(NC(=O)Cc2ccc(Cl)c(Cl)c2)s1. The molecule has 0 saturated carbocycles. The first-order valence-electron chi connectivity index (χ1n) is 5.08. The fourth-order valence-electron chi connectivity index (χ4n) is 1.35. The number of nitrogens with zero attached hydrogens (tertiary/aromatic N) is 2. The molecule has 0 bridgehead atoms. The Morgan fingerprint density at radius 3 is 2.72 bits per heavy atom. The van der Waals surface area contributed by atoms with Crippen LogP contribution >= 0.6 is 34.5 Å². The number of hydrogen-bond acceptors (Lipinski definition) is 4. The molecule has 1 aromatic carbocycles. The molecule has 0 radical (unpaired) electrons. The normalized spacial score (nSPS) is 10.4. The van der Waals surface area contributed by atoms with E-state index in [9.17, 15) is 4.79 Å². The summed E-state index contributed by atoms with van der Waals surface area (Å²) in [6.45, 7) is 1.83. The Labute approximate surface area is 118 Å². The standard InChI is InChI=1S/C11H9Cl2N3OS/c1-6-15-16-11(18-6)14-10(17)5-7-2-3-8(12)9(13)4-7/h2-4H,5H2,1H3,(H,14,16,17). The van der Waals surface area contributed by atoms with Crippen molar-refractivity contribution in [3.05, 3.63) is 38.8 Å². The molecule has 1 amide bonds. The topological polar surface area (TPSA) is 54.9 Å². The number of benzene rings is 1. The minimum Gasteiger partial charge on any atom is -0.300 e. The van der Waals surface area contributed by atoms with Crippen molar-refractivity contribution >= 4 is 45.6 Å². The van der Waals surface area contributed by atoms with Crippen LogP contribution in [0.25, 0.3) is 0 Å². The molecule has 0 aliphatic rings. The average molecular weight is 302 g/mol. The van der Waals surface area contributed by atoms with Gasteiger partial charge in [0, 0.05) is 0 Å². The maximum Gasteiger partial charge on any atom is 0.230 e. The van der Waals surface area contributed by atoms with Gasteiger partial charge in [0.2, 0.25) is 11.0 Å². The zero-order valence-electron chi connectivity index (χ0n) is 9.41. The molecule has 0 aliphatic carbocycles. The lowest BCUT2D eigenvalue weighted by Gasteiger charge is -2.03. The zero-order chi connectivity index (χ0) is 13.1. The molecule has 0 fully saturated rings. The first-order chi connectivity index (χ1) is 8.54. The van der Waals surface area contributed by atoms with E-state index in [1.165, 1.54) is 11.3 Å². The molecular formula is C11H9Cl2N3OS. The van der Waals surface area contributed by atoms with Gasteiger partial charge in [-0.05, 0) is 24.6 Å². The lowest BCUT2D eigenvalue weighted by molar-refractivity contribution is -0.115. The van der Waals surface area contributed by atoms with Gasteiger partial charge in [-0.15, -0.1) is 10.2 Å². The average Bonchev–Trinajstić information content (AvgIpc) is 2.69. The van der Waals surface area contributed by atoms with E-state index in [2.05, 4.69) is 15.5 Å². The Kier molecular flexibility index (Phi) is 4.16. The van der Waals surface area contributed by atoms with E-state index in [1.54, 1.807) is 18.2 Å². The molecule has 4 nitrogen and oxygen atoms in total. The molecule has 0 atom stereocenters. The van der Waals surface area contributed by atoms with Gasteiger partial charge in [-0.3, -0.25) is 4.79 Å². The van der Waals surface area contributed by atoms with Gasteiger partial charge in [0.15, 0.2) is 0 Å². The van der Waals surface area contributed by atoms with E-state index < -0.39 is 0 Å². The first kappa shape index (κ1) is 13.3. The van der Waals surface area contributed by atoms with Crippen LogP contribution in [0.2, 0.25) is 10.0 Å². The fourth-order valence-corrected chi connectivity index (χ4v) is 2.27. The van der Waals surface area contributed by atoms with Gasteiger partial charge in [0.25, 0.3) is 0 Å². The van der Waals surface area contributed by atoms with E-state index in [0.717, 1.165) is 10.6 Å². The summed E-state index contributed by atoms with van der Waals surface area (Å²) in [5.41, 5.74) is 0.795. The zero-order valence-corrected chi connectivity index (χ0v) is 11.7. The summed E-state index contributed by atoms with van der Waals surface area (Å²) in [4.78, 5) is 11.7. The Morgan fingerprint density at radius 2 is 2.11 bits per heavy atom. The lowest BCUT2D eigenvalue weighted by Crippen LogP contribution is -2.14. The Balaban J connectivity index is 2.00. The molecule has 1 heterocycles. The van der Waals surface area contributed by atoms with Crippen molar-refractivity contribution in [2.75, 3.05) is 5.32 Å². The van der Waals surface area contributed by atoms with Gasteiger partial charge >= 0.3 is 0 Å². The molecule has 1 aromatic heterocycles. The minimum absolute atomic E-state index is 0.162. The Bertz CT molecular complexity index is 585. The van der Waals surface area contributed by atoms with Crippen molar-refractivity contribution in [2.45, 2.75) is 13.3 Å². The Hall–Kier alpha value is -1.17. The number of aryl methyl sites for hydroxylation is 1. The highest BCUT2D eigenvalue weighted by Crippen LogP contribution is 2.23. The van der Waals surface area contributed by atoms with Crippen LogP contribution in [0, 0.1) is 6.92 Å². The second-order valence-corrected chi connectivity index (χ2v) is 5.60. The summed E-state index contributed by atoms with van der Waals surface area (Å²) in [6, 6.07) is 5.11. The molecule has 0 aliphatic heterocycles. The molecule has 94 valence electrons. The summed E-state index contributed by atoms with van der Waals surface area (Å²) in [5, 5.41) is 12.5. The highest BCUT2D eigenvalue weighted by molar-refractivity contribution is 7.15. The molecule has 2 aromatic rings. The van der Waals surface area contributed by atoms with Crippen LogP contribution in [-0.4, -0.2) is 16.1 Å². The number of rotatable bonds is 3. The maximum absolute atomic E-state index is 11.7. The third kappa shape index (κ3) is 3.41. The third-order valence-electron chi connectivity index (χ3n) is 2.12. The Morgan fingerprint density at radius 1 is 1.33 bits per heavy atom. The highest BCUT2D eigenvalue weighted by Gasteiger charge is 2.08. The summed E-state index contributed by atoms with van der Waals surface area (Å²) in [7, 11) is 0. The predicted octanol–water partition coefficient (Wildman–Crippen LogP) is 3.33. The van der Waals surface area contributed by atoms with Gasteiger partial charge < -0.3 is 5.32 Å². The quantitative estimate of drug-likeness (QED) is 0.946. The number of halogens is 2. The second-order valence-electron chi connectivity index (χ2n) is 3.60. The van der Waals surface area contributed by atoms with E-state index >= 15 is 0 Å². The number of carbonyl (C=O) groups excluding carboxylic acids is 1. The first-order valence-corrected chi connectivity index (χ1v) is 6.66. The highest BCUT2D eigenvalue weighted by atomic mass is 35.5. The van der Waals surface area contributed by atoms with Gasteiger partial charge in [-0.2, -0.15) is 0 Å². The van der Waals surface area contributed by atoms with Crippen LogP contribution in [-0.2, 0) is 11.2 Å². The van der Waals surface area contributed by atoms with E-state index in [0.29, 0.717) is 15.2 Å². The molecule has 7 heteroatoms. The van der Waals surface area contributed by atoms with E-state index in [4.69, 9.17) is 23.2 Å². The van der Waals surface area contributed by atoms with Gasteiger partial charge in [-0.25, -0.2) is 0 Å². The van der Waals surface area contributed by atoms with Crippen molar-refractivity contribution in [2.24, 2.45) is 0 Å². The molecular weight excluding hydrogens is 293 g/mol. The third-order valence-corrected chi connectivity index (χ3v) is 3.61. The summed E-state index contributed by atoms with van der Waals surface area (Å²) in [6.07, 6.45) is 0.218. The molecule has 1 N–H and O–H groups in total. The molecule has 0 spiro atoms. The monoisotopic (exact) mass is 301 g/mol. The predicted molar refractivity (Wildman–Crippen MR) is 73.4 cm³/mol. The van der Waals surface area contributed by atoms with Crippen LogP contribution < -0.4 is 5.32 Å². The molecule has 0 unspecified atom stereocenters. The van der Waals surface area contributed by atoms with Crippen LogP contribution in [0.4, 0.5) is 5.13 Å². The van der Waals surface area contributed by atoms with Gasteiger partial charge in [0.05, 0.1) is 16.5 Å². The van der Waals surface area contributed by atoms with Crippen molar-refractivity contribution in [1.29, 1.82) is 0 Å². The van der Waals surface area contributed by atoms with Crippen LogP contribution in [0.3, 0.4) is 0 Å². The number of amides is 1. The molecule has 0 saturated heterocycles. The summed E-state index contributed by atoms with van der Waals surface area (Å²) >= 11 is 13.0. The van der Waals surface area contributed by atoms with Gasteiger partial charge in [0.1, 0.15) is 5.01 Å². The van der Waals surface area contributed by atoms with Crippen molar-refractivity contribution < 1.29 is 4.79 Å². The van der Waals surface area contributed by atoms with E-state index in [1.807, 2.05) is 6.92 Å². The number of hydrogen-bond donors (Lipinski definition) is 1. The summed E-state index contributed by atoms with van der Waals surface area (Å²) < 4.78 is 0. The number of aromatic nitrogens is 2. The number of nitrogens with one attached hydrogen (secondary N) is 1. The van der Waals surface area contributed by atoms with Crippen molar-refractivity contribution in [3.63, 3.8) is 0 Å². The summed E-state index contributed by atoms with van der Waals surface area (Å²) in [5.74, 6) is -0.162. The molecule has 2 rings (SSSR count). The minimum atomic E-state index is -0.162. The van der Waals surface area contributed by atoms with Crippen LogP contribution in [0.15, 0.2) is 18.2 Å². The second kappa shape index (κ2) is 5.65. The largest absolute Gasteiger partial charge is 0.300 e. The van der Waals surface area contributed by atoms with Gasteiger partial charge in [-0.1, -0.05) is 40.6 Å².